The second kappa shape index (κ2) is 6.87. The number of aromatic nitrogens is 3. The Morgan fingerprint density at radius 2 is 2.00 bits per heavy atom. The van der Waals surface area contributed by atoms with Crippen molar-refractivity contribution in [1.29, 1.82) is 0 Å². The molecule has 0 bridgehead atoms. The molecule has 0 saturated heterocycles. The van der Waals surface area contributed by atoms with Gasteiger partial charge in [-0.05, 0) is 18.9 Å². The van der Waals surface area contributed by atoms with Crippen LogP contribution in [0.1, 0.15) is 33.4 Å². The summed E-state index contributed by atoms with van der Waals surface area (Å²) in [7, 11) is 0. The van der Waals surface area contributed by atoms with Gasteiger partial charge in [0.25, 0.3) is 5.91 Å². The van der Waals surface area contributed by atoms with E-state index in [1.54, 1.807) is 6.92 Å². The number of hydrogen-bond acceptors (Lipinski definition) is 6. The second-order valence-electron chi connectivity index (χ2n) is 5.07. The van der Waals surface area contributed by atoms with Gasteiger partial charge in [-0.15, -0.1) is 0 Å². The average molecular weight is 312 g/mol. The number of amides is 1. The Labute approximate surface area is 132 Å². The van der Waals surface area contributed by atoms with E-state index in [0.717, 1.165) is 6.42 Å². The Balaban J connectivity index is 1.51. The molecule has 1 aromatic carbocycles. The maximum absolute atomic E-state index is 11.9. The molecule has 0 radical (unpaired) electrons. The van der Waals surface area contributed by atoms with Gasteiger partial charge in [0.05, 0.1) is 12.7 Å². The Bertz CT molecular complexity index is 779. The molecule has 7 heteroatoms. The van der Waals surface area contributed by atoms with Gasteiger partial charge in [0.2, 0.25) is 5.89 Å². The van der Waals surface area contributed by atoms with Gasteiger partial charge < -0.3 is 14.4 Å². The molecular formula is C16H16N4O3. The summed E-state index contributed by atoms with van der Waals surface area (Å²) < 4.78 is 10.0. The normalized spacial score (nSPS) is 10.7. The van der Waals surface area contributed by atoms with Crippen LogP contribution in [0.2, 0.25) is 0 Å². The van der Waals surface area contributed by atoms with E-state index in [0.29, 0.717) is 29.5 Å². The van der Waals surface area contributed by atoms with Crippen LogP contribution in [-0.4, -0.2) is 21.2 Å². The first-order valence-electron chi connectivity index (χ1n) is 7.27. The van der Waals surface area contributed by atoms with Gasteiger partial charge in [-0.25, -0.2) is 0 Å². The fraction of sp³-hybridized carbons (Fsp3) is 0.250. The van der Waals surface area contributed by atoms with Crippen LogP contribution in [0.4, 0.5) is 0 Å². The van der Waals surface area contributed by atoms with Crippen LogP contribution >= 0.6 is 0 Å². The third-order valence-corrected chi connectivity index (χ3v) is 3.38. The van der Waals surface area contributed by atoms with Crippen molar-refractivity contribution in [2.45, 2.75) is 26.3 Å². The van der Waals surface area contributed by atoms with Crippen LogP contribution in [0.25, 0.3) is 0 Å². The summed E-state index contributed by atoms with van der Waals surface area (Å²) in [6.07, 6.45) is 2.87. The van der Waals surface area contributed by atoms with Crippen molar-refractivity contribution in [2.75, 3.05) is 0 Å². The summed E-state index contributed by atoms with van der Waals surface area (Å²) in [6.45, 7) is 1.87. The second-order valence-corrected chi connectivity index (χ2v) is 5.07. The lowest BCUT2D eigenvalue weighted by atomic mass is 10.1. The topological polar surface area (TPSA) is 94.1 Å². The summed E-state index contributed by atoms with van der Waals surface area (Å²) in [4.78, 5) is 16.2. The minimum absolute atomic E-state index is 0.193. The molecule has 3 rings (SSSR count). The molecule has 0 atom stereocenters. The van der Waals surface area contributed by atoms with Gasteiger partial charge in [0.1, 0.15) is 11.3 Å². The maximum atomic E-state index is 11.9. The molecule has 7 nitrogen and oxygen atoms in total. The predicted octanol–water partition coefficient (Wildman–Crippen LogP) is 2.08. The molecule has 23 heavy (non-hydrogen) atoms. The molecule has 0 aliphatic rings. The number of rotatable bonds is 6. The van der Waals surface area contributed by atoms with Crippen molar-refractivity contribution in [3.05, 3.63) is 65.1 Å². The number of nitrogens with one attached hydrogen (secondary N) is 1. The Kier molecular flexibility index (Phi) is 4.46. The van der Waals surface area contributed by atoms with E-state index in [2.05, 4.69) is 32.7 Å². The van der Waals surface area contributed by atoms with Crippen LogP contribution in [-0.2, 0) is 19.4 Å². The lowest BCUT2D eigenvalue weighted by Crippen LogP contribution is -2.23. The van der Waals surface area contributed by atoms with Gasteiger partial charge in [-0.3, -0.25) is 4.79 Å². The number of nitrogens with zero attached hydrogens (tertiary/aromatic N) is 3. The fourth-order valence-corrected chi connectivity index (χ4v) is 2.13. The lowest BCUT2D eigenvalue weighted by Gasteiger charge is -1.99. The SMILES string of the molecule is Cc1oncc1C(=O)NCc1noc(CCc2ccccc2)n1. The van der Waals surface area contributed by atoms with Crippen molar-refractivity contribution >= 4 is 5.91 Å². The van der Waals surface area contributed by atoms with Crippen molar-refractivity contribution in [1.82, 2.24) is 20.6 Å². The molecule has 3 aromatic rings. The molecule has 0 saturated carbocycles. The average Bonchev–Trinajstić information content (AvgIpc) is 3.20. The summed E-state index contributed by atoms with van der Waals surface area (Å²) >= 11 is 0. The zero-order valence-corrected chi connectivity index (χ0v) is 12.7. The largest absolute Gasteiger partial charge is 0.361 e. The lowest BCUT2D eigenvalue weighted by molar-refractivity contribution is 0.0948. The van der Waals surface area contributed by atoms with Gasteiger partial charge in [0, 0.05) is 6.42 Å². The van der Waals surface area contributed by atoms with Crippen molar-refractivity contribution in [2.24, 2.45) is 0 Å². The molecule has 0 spiro atoms. The molecular weight excluding hydrogens is 296 g/mol. The van der Waals surface area contributed by atoms with Gasteiger partial charge in [-0.1, -0.05) is 40.6 Å². The van der Waals surface area contributed by atoms with Crippen LogP contribution < -0.4 is 5.32 Å². The van der Waals surface area contributed by atoms with E-state index in [4.69, 9.17) is 9.05 Å². The highest BCUT2D eigenvalue weighted by Crippen LogP contribution is 2.07. The Morgan fingerprint density at radius 1 is 1.17 bits per heavy atom. The van der Waals surface area contributed by atoms with Crippen molar-refractivity contribution in [3.63, 3.8) is 0 Å². The van der Waals surface area contributed by atoms with Crippen LogP contribution in [0.15, 0.2) is 45.6 Å². The fourth-order valence-electron chi connectivity index (χ4n) is 2.13. The number of benzene rings is 1. The summed E-state index contributed by atoms with van der Waals surface area (Å²) in [5, 5.41) is 10.1. The number of carbonyl (C=O) groups excluding carboxylic acids is 1. The first kappa shape index (κ1) is 15.0. The molecule has 118 valence electrons. The van der Waals surface area contributed by atoms with E-state index in [-0.39, 0.29) is 12.5 Å². The monoisotopic (exact) mass is 312 g/mol. The zero-order valence-electron chi connectivity index (χ0n) is 12.7. The highest BCUT2D eigenvalue weighted by atomic mass is 16.5. The number of hydrogen-bond donors (Lipinski definition) is 1. The van der Waals surface area contributed by atoms with Gasteiger partial charge >= 0.3 is 0 Å². The van der Waals surface area contributed by atoms with E-state index >= 15 is 0 Å². The summed E-state index contributed by atoms with van der Waals surface area (Å²) in [6, 6.07) is 10.1. The summed E-state index contributed by atoms with van der Waals surface area (Å²) in [5.74, 6) is 1.19. The maximum Gasteiger partial charge on any atom is 0.256 e. The van der Waals surface area contributed by atoms with Crippen LogP contribution in [0.5, 0.6) is 0 Å². The number of aryl methyl sites for hydroxylation is 3. The molecule has 0 fully saturated rings. The predicted molar refractivity (Wildman–Crippen MR) is 80.6 cm³/mol. The molecule has 0 aliphatic heterocycles. The van der Waals surface area contributed by atoms with E-state index in [1.807, 2.05) is 18.2 Å². The van der Waals surface area contributed by atoms with Crippen LogP contribution in [0, 0.1) is 6.92 Å². The van der Waals surface area contributed by atoms with Gasteiger partial charge in [0.15, 0.2) is 5.82 Å². The summed E-state index contributed by atoms with van der Waals surface area (Å²) in [5.41, 5.74) is 1.61. The van der Waals surface area contributed by atoms with Crippen molar-refractivity contribution in [3.8, 4) is 0 Å². The van der Waals surface area contributed by atoms with E-state index in [9.17, 15) is 4.79 Å². The van der Waals surface area contributed by atoms with E-state index < -0.39 is 0 Å². The first-order valence-corrected chi connectivity index (χ1v) is 7.27. The number of carbonyl (C=O) groups is 1. The third-order valence-electron chi connectivity index (χ3n) is 3.38. The van der Waals surface area contributed by atoms with Crippen molar-refractivity contribution < 1.29 is 13.8 Å². The highest BCUT2D eigenvalue weighted by Gasteiger charge is 2.14. The highest BCUT2D eigenvalue weighted by molar-refractivity contribution is 5.94. The molecule has 2 heterocycles. The molecule has 2 aromatic heterocycles. The smallest absolute Gasteiger partial charge is 0.256 e. The van der Waals surface area contributed by atoms with E-state index in [1.165, 1.54) is 11.8 Å². The minimum atomic E-state index is -0.278. The molecule has 1 amide bonds. The minimum Gasteiger partial charge on any atom is -0.361 e. The first-order chi connectivity index (χ1) is 11.2. The third kappa shape index (κ3) is 3.82. The Hall–Kier alpha value is -2.96. The molecule has 0 unspecified atom stereocenters. The van der Waals surface area contributed by atoms with Gasteiger partial charge in [-0.2, -0.15) is 4.98 Å². The Morgan fingerprint density at radius 3 is 2.74 bits per heavy atom. The zero-order chi connectivity index (χ0) is 16.1. The quantitative estimate of drug-likeness (QED) is 0.749. The standard InChI is InChI=1S/C16H16N4O3/c1-11-13(9-18-22-11)16(21)17-10-14-19-15(23-20-14)8-7-12-5-3-2-4-6-12/h2-6,9H,7-8,10H2,1H3,(H,17,21). The van der Waals surface area contributed by atoms with Crippen LogP contribution in [0.3, 0.4) is 0 Å². The molecule has 1 N–H and O–H groups in total. The molecule has 0 aliphatic carbocycles.